The molecule has 2 unspecified atom stereocenters. The van der Waals surface area contributed by atoms with Gasteiger partial charge in [-0.3, -0.25) is 9.59 Å². The number of H-pyrrole nitrogens is 1. The molecule has 1 aliphatic rings. The average molecular weight is 402 g/mol. The van der Waals surface area contributed by atoms with Gasteiger partial charge in [0.25, 0.3) is 0 Å². The summed E-state index contributed by atoms with van der Waals surface area (Å²) in [5, 5.41) is 3.01. The summed E-state index contributed by atoms with van der Waals surface area (Å²) in [5.74, 6) is 0.184. The summed E-state index contributed by atoms with van der Waals surface area (Å²) in [6.07, 6.45) is 1.99. The molecule has 1 saturated heterocycles. The molecule has 0 saturated carbocycles. The summed E-state index contributed by atoms with van der Waals surface area (Å²) in [6.45, 7) is 6.33. The van der Waals surface area contributed by atoms with Gasteiger partial charge in [-0.2, -0.15) is 0 Å². The molecule has 30 heavy (non-hydrogen) atoms. The quantitative estimate of drug-likeness (QED) is 0.679. The lowest BCUT2D eigenvalue weighted by Crippen LogP contribution is -2.35. The van der Waals surface area contributed by atoms with Crippen molar-refractivity contribution in [2.75, 3.05) is 11.4 Å². The van der Waals surface area contributed by atoms with E-state index < -0.39 is 0 Å². The Bertz CT molecular complexity index is 1070. The number of aryl methyl sites for hydroxylation is 1. The maximum atomic E-state index is 12.8. The van der Waals surface area contributed by atoms with E-state index in [-0.39, 0.29) is 30.2 Å². The van der Waals surface area contributed by atoms with Gasteiger partial charge in [-0.1, -0.05) is 42.5 Å². The van der Waals surface area contributed by atoms with Crippen LogP contribution in [0.5, 0.6) is 0 Å². The molecule has 2 heterocycles. The second kappa shape index (κ2) is 8.14. The van der Waals surface area contributed by atoms with Crippen LogP contribution in [0.2, 0.25) is 0 Å². The first-order valence-corrected chi connectivity index (χ1v) is 10.2. The number of carbonyl (C=O) groups excluding carboxylic acids is 2. The van der Waals surface area contributed by atoms with E-state index in [1.165, 1.54) is 0 Å². The van der Waals surface area contributed by atoms with Crippen molar-refractivity contribution in [2.45, 2.75) is 33.2 Å². The van der Waals surface area contributed by atoms with E-state index >= 15 is 0 Å². The van der Waals surface area contributed by atoms with Gasteiger partial charge in [0.2, 0.25) is 11.8 Å². The number of aromatic amines is 1. The molecule has 0 spiro atoms. The van der Waals surface area contributed by atoms with Crippen LogP contribution >= 0.6 is 0 Å². The number of hydrogen-bond donors (Lipinski definition) is 2. The molecule has 0 bridgehead atoms. The maximum Gasteiger partial charge on any atom is 0.227 e. The fourth-order valence-electron chi connectivity index (χ4n) is 3.86. The van der Waals surface area contributed by atoms with E-state index in [9.17, 15) is 9.59 Å². The van der Waals surface area contributed by atoms with Crippen LogP contribution in [-0.2, 0) is 9.59 Å². The number of nitrogens with one attached hydrogen (secondary N) is 2. The fraction of sp³-hybridized carbons (Fsp3) is 0.292. The standard InChI is InChI=1S/C24H26N4O2/c1-15-8-7-11-21(16(15)2)28-14-19(12-22(28)29)24(30)26-17(3)23-25-13-20(27-23)18-9-5-4-6-10-18/h4-11,13,17,19H,12,14H2,1-3H3,(H,25,27)(H,26,30). The van der Waals surface area contributed by atoms with Crippen molar-refractivity contribution < 1.29 is 9.59 Å². The van der Waals surface area contributed by atoms with Crippen molar-refractivity contribution in [3.8, 4) is 11.3 Å². The summed E-state index contributed by atoms with van der Waals surface area (Å²) in [4.78, 5) is 34.9. The zero-order valence-corrected chi connectivity index (χ0v) is 17.5. The number of rotatable bonds is 5. The normalized spacial score (nSPS) is 17.2. The third-order valence-corrected chi connectivity index (χ3v) is 5.81. The number of imidazole rings is 1. The molecule has 4 rings (SSSR count). The second-order valence-electron chi connectivity index (χ2n) is 7.90. The summed E-state index contributed by atoms with van der Waals surface area (Å²) in [7, 11) is 0. The van der Waals surface area contributed by atoms with E-state index in [0.717, 1.165) is 28.1 Å². The Morgan fingerprint density at radius 1 is 1.17 bits per heavy atom. The molecule has 1 aromatic heterocycles. The molecule has 3 aromatic rings. The number of aromatic nitrogens is 2. The SMILES string of the molecule is Cc1cccc(N2CC(C(=O)NC(C)c3ncc(-c4ccccc4)[nH]3)CC2=O)c1C. The van der Waals surface area contributed by atoms with E-state index in [4.69, 9.17) is 0 Å². The molecular formula is C24H26N4O2. The summed E-state index contributed by atoms with van der Waals surface area (Å²) in [5.41, 5.74) is 5.05. The Morgan fingerprint density at radius 2 is 1.93 bits per heavy atom. The molecule has 1 fully saturated rings. The van der Waals surface area contributed by atoms with Gasteiger partial charge in [0.05, 0.1) is 23.9 Å². The minimum Gasteiger partial charge on any atom is -0.346 e. The number of nitrogens with zero attached hydrogens (tertiary/aromatic N) is 2. The van der Waals surface area contributed by atoms with Crippen LogP contribution in [0.3, 0.4) is 0 Å². The van der Waals surface area contributed by atoms with Gasteiger partial charge in [0.1, 0.15) is 5.82 Å². The van der Waals surface area contributed by atoms with Crippen molar-refractivity contribution in [1.82, 2.24) is 15.3 Å². The molecule has 2 N–H and O–H groups in total. The highest BCUT2D eigenvalue weighted by Crippen LogP contribution is 2.30. The number of benzene rings is 2. The van der Waals surface area contributed by atoms with Crippen molar-refractivity contribution in [1.29, 1.82) is 0 Å². The first kappa shape index (κ1) is 19.9. The zero-order valence-electron chi connectivity index (χ0n) is 17.5. The van der Waals surface area contributed by atoms with Crippen LogP contribution in [-0.4, -0.2) is 28.3 Å². The Hall–Kier alpha value is -3.41. The molecule has 2 atom stereocenters. The van der Waals surface area contributed by atoms with Gasteiger partial charge in [-0.05, 0) is 43.5 Å². The van der Waals surface area contributed by atoms with Gasteiger partial charge >= 0.3 is 0 Å². The number of hydrogen-bond acceptors (Lipinski definition) is 3. The minimum absolute atomic E-state index is 0.0131. The summed E-state index contributed by atoms with van der Waals surface area (Å²) in [6, 6.07) is 15.6. The van der Waals surface area contributed by atoms with Gasteiger partial charge in [-0.25, -0.2) is 4.98 Å². The number of carbonyl (C=O) groups is 2. The third kappa shape index (κ3) is 3.85. The van der Waals surface area contributed by atoms with Crippen LogP contribution in [0.25, 0.3) is 11.3 Å². The van der Waals surface area contributed by atoms with E-state index in [2.05, 4.69) is 15.3 Å². The van der Waals surface area contributed by atoms with Gasteiger partial charge in [0.15, 0.2) is 0 Å². The highest BCUT2D eigenvalue weighted by Gasteiger charge is 2.36. The lowest BCUT2D eigenvalue weighted by molar-refractivity contribution is -0.126. The third-order valence-electron chi connectivity index (χ3n) is 5.81. The highest BCUT2D eigenvalue weighted by atomic mass is 16.2. The van der Waals surface area contributed by atoms with Crippen molar-refractivity contribution in [3.63, 3.8) is 0 Å². The van der Waals surface area contributed by atoms with Gasteiger partial charge in [-0.15, -0.1) is 0 Å². The minimum atomic E-state index is -0.372. The van der Waals surface area contributed by atoms with Gasteiger partial charge < -0.3 is 15.2 Å². The first-order chi connectivity index (χ1) is 14.4. The maximum absolute atomic E-state index is 12.8. The average Bonchev–Trinajstić information content (AvgIpc) is 3.38. The molecule has 0 radical (unpaired) electrons. The molecule has 6 heteroatoms. The van der Waals surface area contributed by atoms with Crippen LogP contribution in [0.4, 0.5) is 5.69 Å². The topological polar surface area (TPSA) is 78.1 Å². The van der Waals surface area contributed by atoms with Crippen LogP contribution in [0.1, 0.15) is 36.3 Å². The fourth-order valence-corrected chi connectivity index (χ4v) is 3.86. The molecular weight excluding hydrogens is 376 g/mol. The van der Waals surface area contributed by atoms with Gasteiger partial charge in [0, 0.05) is 18.7 Å². The molecule has 6 nitrogen and oxygen atoms in total. The van der Waals surface area contributed by atoms with E-state index in [1.807, 2.05) is 69.3 Å². The second-order valence-corrected chi connectivity index (χ2v) is 7.90. The number of amides is 2. The monoisotopic (exact) mass is 402 g/mol. The lowest BCUT2D eigenvalue weighted by Gasteiger charge is -2.20. The summed E-state index contributed by atoms with van der Waals surface area (Å²) < 4.78 is 0. The Morgan fingerprint density at radius 3 is 2.70 bits per heavy atom. The van der Waals surface area contributed by atoms with Crippen LogP contribution in [0.15, 0.2) is 54.7 Å². The smallest absolute Gasteiger partial charge is 0.227 e. The van der Waals surface area contributed by atoms with E-state index in [1.54, 1.807) is 11.1 Å². The lowest BCUT2D eigenvalue weighted by atomic mass is 10.1. The molecule has 0 aliphatic carbocycles. The highest BCUT2D eigenvalue weighted by molar-refractivity contribution is 6.01. The predicted molar refractivity (Wildman–Crippen MR) is 117 cm³/mol. The Labute approximate surface area is 176 Å². The van der Waals surface area contributed by atoms with E-state index in [0.29, 0.717) is 12.4 Å². The zero-order chi connectivity index (χ0) is 21.3. The van der Waals surface area contributed by atoms with Crippen LogP contribution < -0.4 is 10.2 Å². The van der Waals surface area contributed by atoms with Crippen molar-refractivity contribution in [2.24, 2.45) is 5.92 Å². The number of anilines is 1. The Kier molecular flexibility index (Phi) is 5.40. The Balaban J connectivity index is 1.42. The molecule has 2 aromatic carbocycles. The molecule has 1 aliphatic heterocycles. The van der Waals surface area contributed by atoms with Crippen molar-refractivity contribution >= 4 is 17.5 Å². The molecule has 2 amide bonds. The largest absolute Gasteiger partial charge is 0.346 e. The molecule has 154 valence electrons. The van der Waals surface area contributed by atoms with Crippen LogP contribution in [0, 0.1) is 19.8 Å². The summed E-state index contributed by atoms with van der Waals surface area (Å²) >= 11 is 0. The van der Waals surface area contributed by atoms with Crippen molar-refractivity contribution in [3.05, 3.63) is 71.7 Å². The predicted octanol–water partition coefficient (Wildman–Crippen LogP) is 3.92. The first-order valence-electron chi connectivity index (χ1n) is 10.2.